The molecule has 74 valence electrons. The maximum atomic E-state index is 10.3. The van der Waals surface area contributed by atoms with Crippen molar-refractivity contribution in [3.05, 3.63) is 12.7 Å². The van der Waals surface area contributed by atoms with Crippen molar-refractivity contribution < 1.29 is 19.8 Å². The minimum Gasteiger partial charge on any atom is -0.481 e. The van der Waals surface area contributed by atoms with Gasteiger partial charge in [0.2, 0.25) is 0 Å². The summed E-state index contributed by atoms with van der Waals surface area (Å²) in [5, 5.41) is 16.8. The zero-order valence-electron chi connectivity index (χ0n) is 7.19. The molecule has 0 saturated heterocycles. The Morgan fingerprint density at radius 1 is 1.38 bits per heavy atom. The molecule has 0 spiro atoms. The third-order valence-electron chi connectivity index (χ3n) is 1.69. The van der Waals surface area contributed by atoms with Crippen LogP contribution in [0.1, 0.15) is 19.3 Å². The Morgan fingerprint density at radius 2 is 1.92 bits per heavy atom. The van der Waals surface area contributed by atoms with E-state index >= 15 is 0 Å². The average Bonchev–Trinajstić information content (AvgIpc) is 2.00. The molecule has 0 rings (SSSR count). The largest absolute Gasteiger partial charge is 0.481 e. The molecule has 0 aromatic heterocycles. The summed E-state index contributed by atoms with van der Waals surface area (Å²) in [4.78, 5) is 20.6. The van der Waals surface area contributed by atoms with Crippen molar-refractivity contribution in [2.24, 2.45) is 5.73 Å². The fourth-order valence-corrected chi connectivity index (χ4v) is 0.884. The fourth-order valence-electron chi connectivity index (χ4n) is 0.884. The van der Waals surface area contributed by atoms with Gasteiger partial charge < -0.3 is 15.9 Å². The number of carbonyl (C=O) groups is 2. The number of aliphatic carboxylic acids is 2. The monoisotopic (exact) mass is 187 g/mol. The highest BCUT2D eigenvalue weighted by Crippen LogP contribution is 2.15. The van der Waals surface area contributed by atoms with Gasteiger partial charge in [0.05, 0.1) is 6.42 Å². The molecule has 0 aromatic rings. The topological polar surface area (TPSA) is 101 Å². The normalized spacial score (nSPS) is 14.5. The van der Waals surface area contributed by atoms with Crippen LogP contribution >= 0.6 is 0 Å². The summed E-state index contributed by atoms with van der Waals surface area (Å²) in [7, 11) is 0. The minimum absolute atomic E-state index is 0.0815. The van der Waals surface area contributed by atoms with Gasteiger partial charge >= 0.3 is 11.9 Å². The molecule has 0 aliphatic rings. The lowest BCUT2D eigenvalue weighted by atomic mass is 9.91. The van der Waals surface area contributed by atoms with Crippen molar-refractivity contribution in [1.29, 1.82) is 0 Å². The maximum absolute atomic E-state index is 10.3. The first kappa shape index (κ1) is 11.6. The van der Waals surface area contributed by atoms with Gasteiger partial charge in [0, 0.05) is 12.0 Å². The lowest BCUT2D eigenvalue weighted by Crippen LogP contribution is -2.40. The van der Waals surface area contributed by atoms with Crippen molar-refractivity contribution >= 4 is 11.9 Å². The molecule has 0 saturated carbocycles. The molecule has 4 N–H and O–H groups in total. The van der Waals surface area contributed by atoms with Gasteiger partial charge in [-0.15, -0.1) is 6.58 Å². The SMILES string of the molecule is C=CC(N)(CCC(=O)O)CC(=O)O. The first-order valence-electron chi connectivity index (χ1n) is 3.76. The van der Waals surface area contributed by atoms with E-state index < -0.39 is 17.5 Å². The summed E-state index contributed by atoms with van der Waals surface area (Å²) in [6.07, 6.45) is 0.905. The van der Waals surface area contributed by atoms with E-state index in [1.54, 1.807) is 0 Å². The van der Waals surface area contributed by atoms with Crippen LogP contribution < -0.4 is 5.73 Å². The van der Waals surface area contributed by atoms with E-state index in [9.17, 15) is 9.59 Å². The summed E-state index contributed by atoms with van der Waals surface area (Å²) in [6, 6.07) is 0. The van der Waals surface area contributed by atoms with Crippen LogP contribution in [0.2, 0.25) is 0 Å². The Balaban J connectivity index is 4.19. The predicted molar refractivity (Wildman–Crippen MR) is 46.2 cm³/mol. The average molecular weight is 187 g/mol. The van der Waals surface area contributed by atoms with Gasteiger partial charge in [-0.05, 0) is 6.42 Å². The van der Waals surface area contributed by atoms with Crippen molar-refractivity contribution in [3.63, 3.8) is 0 Å². The highest BCUT2D eigenvalue weighted by atomic mass is 16.4. The van der Waals surface area contributed by atoms with Gasteiger partial charge in [-0.2, -0.15) is 0 Å². The van der Waals surface area contributed by atoms with E-state index in [-0.39, 0.29) is 19.3 Å². The van der Waals surface area contributed by atoms with E-state index in [2.05, 4.69) is 6.58 Å². The molecule has 5 nitrogen and oxygen atoms in total. The molecule has 0 amide bonds. The number of hydrogen-bond donors (Lipinski definition) is 3. The van der Waals surface area contributed by atoms with E-state index in [0.717, 1.165) is 0 Å². The standard InChI is InChI=1S/C8H13NO4/c1-2-8(9,5-7(12)13)4-3-6(10)11/h2H,1,3-5,9H2,(H,10,11)(H,12,13). The number of carboxylic acids is 2. The number of hydrogen-bond acceptors (Lipinski definition) is 3. The Labute approximate surface area is 75.9 Å². The molecule has 0 radical (unpaired) electrons. The smallest absolute Gasteiger partial charge is 0.305 e. The van der Waals surface area contributed by atoms with Gasteiger partial charge in [0.25, 0.3) is 0 Å². The van der Waals surface area contributed by atoms with Crippen LogP contribution in [-0.4, -0.2) is 27.7 Å². The second kappa shape index (κ2) is 4.61. The third kappa shape index (κ3) is 4.97. The minimum atomic E-state index is -1.12. The van der Waals surface area contributed by atoms with Crippen LogP contribution in [0.3, 0.4) is 0 Å². The first-order valence-corrected chi connectivity index (χ1v) is 3.76. The molecule has 0 heterocycles. The quantitative estimate of drug-likeness (QED) is 0.516. The Hall–Kier alpha value is -1.36. The first-order chi connectivity index (χ1) is 5.89. The van der Waals surface area contributed by atoms with Gasteiger partial charge in [-0.3, -0.25) is 9.59 Å². The molecule has 1 unspecified atom stereocenters. The molecular weight excluding hydrogens is 174 g/mol. The molecule has 0 aliphatic carbocycles. The Bertz CT molecular complexity index is 226. The second-order valence-electron chi connectivity index (χ2n) is 2.90. The van der Waals surface area contributed by atoms with Crippen molar-refractivity contribution in [2.75, 3.05) is 0 Å². The van der Waals surface area contributed by atoms with Gasteiger partial charge in [-0.1, -0.05) is 6.08 Å². The predicted octanol–water partition coefficient (Wildman–Crippen LogP) is 0.209. The fraction of sp³-hybridized carbons (Fsp3) is 0.500. The second-order valence-corrected chi connectivity index (χ2v) is 2.90. The Kier molecular flexibility index (Phi) is 4.13. The highest BCUT2D eigenvalue weighted by Gasteiger charge is 2.25. The number of carboxylic acid groups (broad SMARTS) is 2. The van der Waals surface area contributed by atoms with Crippen LogP contribution in [0, 0.1) is 0 Å². The summed E-state index contributed by atoms with van der Waals surface area (Å²) < 4.78 is 0. The van der Waals surface area contributed by atoms with Crippen molar-refractivity contribution in [2.45, 2.75) is 24.8 Å². The molecule has 1 atom stereocenters. The maximum Gasteiger partial charge on any atom is 0.305 e. The molecule has 0 aromatic carbocycles. The zero-order valence-corrected chi connectivity index (χ0v) is 7.19. The molecule has 0 fully saturated rings. The summed E-state index contributed by atoms with van der Waals surface area (Å²) in [5.74, 6) is -2.06. The van der Waals surface area contributed by atoms with Crippen LogP contribution in [0.5, 0.6) is 0 Å². The van der Waals surface area contributed by atoms with Gasteiger partial charge in [0.15, 0.2) is 0 Å². The number of rotatable bonds is 6. The van der Waals surface area contributed by atoms with E-state index in [4.69, 9.17) is 15.9 Å². The summed E-state index contributed by atoms with van der Waals surface area (Å²) >= 11 is 0. The third-order valence-corrected chi connectivity index (χ3v) is 1.69. The van der Waals surface area contributed by atoms with Crippen LogP contribution in [0.15, 0.2) is 12.7 Å². The van der Waals surface area contributed by atoms with Crippen LogP contribution in [0.4, 0.5) is 0 Å². The zero-order chi connectivity index (χ0) is 10.5. The molecule has 13 heavy (non-hydrogen) atoms. The highest BCUT2D eigenvalue weighted by molar-refractivity contribution is 5.70. The molecule has 0 bridgehead atoms. The Morgan fingerprint density at radius 3 is 2.23 bits per heavy atom. The van der Waals surface area contributed by atoms with Crippen LogP contribution in [-0.2, 0) is 9.59 Å². The molecule has 5 heteroatoms. The van der Waals surface area contributed by atoms with E-state index in [0.29, 0.717) is 0 Å². The lowest BCUT2D eigenvalue weighted by molar-refractivity contribution is -0.140. The van der Waals surface area contributed by atoms with Gasteiger partial charge in [0.1, 0.15) is 0 Å². The van der Waals surface area contributed by atoms with Crippen molar-refractivity contribution in [1.82, 2.24) is 0 Å². The number of nitrogens with two attached hydrogens (primary N) is 1. The van der Waals surface area contributed by atoms with Crippen molar-refractivity contribution in [3.8, 4) is 0 Å². The van der Waals surface area contributed by atoms with Crippen LogP contribution in [0.25, 0.3) is 0 Å². The van der Waals surface area contributed by atoms with Gasteiger partial charge in [-0.25, -0.2) is 0 Å². The molecule has 0 aliphatic heterocycles. The lowest BCUT2D eigenvalue weighted by Gasteiger charge is -2.22. The summed E-state index contributed by atoms with van der Waals surface area (Å²) in [5.41, 5.74) is 4.46. The summed E-state index contributed by atoms with van der Waals surface area (Å²) in [6.45, 7) is 3.38. The van der Waals surface area contributed by atoms with E-state index in [1.165, 1.54) is 6.08 Å². The van der Waals surface area contributed by atoms with E-state index in [1.807, 2.05) is 0 Å². The molecular formula is C8H13NO4.